The Bertz CT molecular complexity index is 1390. The summed E-state index contributed by atoms with van der Waals surface area (Å²) in [5.41, 5.74) is -0.676. The lowest BCUT2D eigenvalue weighted by Crippen LogP contribution is -2.42. The SMILES string of the molecule is CC(C)(C)OC(=O)Oc1ccc(N2CC[C@@H]([P+](c3ccccc3)(c3ccccc3)c3ccccc3)C2=O)cc1F. The van der Waals surface area contributed by atoms with E-state index >= 15 is 4.39 Å². The summed E-state index contributed by atoms with van der Waals surface area (Å²) in [5.74, 6) is -1.04. The van der Waals surface area contributed by atoms with E-state index in [0.29, 0.717) is 18.7 Å². The van der Waals surface area contributed by atoms with Crippen molar-refractivity contribution >= 4 is 40.9 Å². The zero-order chi connectivity index (χ0) is 28.3. The fraction of sp³-hybridized carbons (Fsp3) is 0.212. The van der Waals surface area contributed by atoms with E-state index in [1.165, 1.54) is 12.1 Å². The summed E-state index contributed by atoms with van der Waals surface area (Å²) in [6.45, 7) is 5.55. The van der Waals surface area contributed by atoms with Crippen LogP contribution in [0.15, 0.2) is 109 Å². The Hall–Kier alpha value is -4.02. The minimum atomic E-state index is -2.45. The highest BCUT2D eigenvalue weighted by molar-refractivity contribution is 7.97. The number of benzene rings is 4. The van der Waals surface area contributed by atoms with Crippen molar-refractivity contribution in [1.29, 1.82) is 0 Å². The molecular weight excluding hydrogens is 524 g/mol. The molecule has 1 aliphatic heterocycles. The number of hydrogen-bond donors (Lipinski definition) is 0. The first-order valence-corrected chi connectivity index (χ1v) is 15.1. The standard InChI is InChI=1S/C33H32FNO4P/c1-33(2,3)39-32(37)38-29-20-19-24(23-28(29)34)35-22-21-30(31(35)36)40(25-13-7-4-8-14-25,26-15-9-5-10-16-26)27-17-11-6-12-18-27/h4-20,23,30H,21-22H2,1-3H3/q+1/t30-/m1/s1. The summed E-state index contributed by atoms with van der Waals surface area (Å²) in [4.78, 5) is 28.0. The van der Waals surface area contributed by atoms with Crippen molar-refractivity contribution < 1.29 is 23.5 Å². The third kappa shape index (κ3) is 5.37. The molecule has 1 aliphatic rings. The second-order valence-electron chi connectivity index (χ2n) is 10.7. The molecule has 40 heavy (non-hydrogen) atoms. The highest BCUT2D eigenvalue weighted by Crippen LogP contribution is 2.62. The molecule has 4 aromatic carbocycles. The molecule has 0 aromatic heterocycles. The molecule has 204 valence electrons. The molecule has 1 atom stereocenters. The normalized spacial score (nSPS) is 15.7. The van der Waals surface area contributed by atoms with Crippen molar-refractivity contribution in [3.05, 3.63) is 115 Å². The van der Waals surface area contributed by atoms with Gasteiger partial charge < -0.3 is 14.4 Å². The highest BCUT2D eigenvalue weighted by atomic mass is 31.2. The molecule has 0 aliphatic carbocycles. The van der Waals surface area contributed by atoms with Crippen molar-refractivity contribution in [3.8, 4) is 5.75 Å². The van der Waals surface area contributed by atoms with Crippen LogP contribution in [-0.2, 0) is 9.53 Å². The second kappa shape index (κ2) is 11.2. The summed E-state index contributed by atoms with van der Waals surface area (Å²) >= 11 is 0. The van der Waals surface area contributed by atoms with Crippen LogP contribution in [-0.4, -0.2) is 29.9 Å². The molecule has 1 heterocycles. The molecule has 5 nitrogen and oxygen atoms in total. The molecule has 0 unspecified atom stereocenters. The molecule has 1 fully saturated rings. The number of amides is 1. The van der Waals surface area contributed by atoms with Gasteiger partial charge in [-0.05, 0) is 69.3 Å². The van der Waals surface area contributed by atoms with Gasteiger partial charge in [0.2, 0.25) is 0 Å². The lowest BCUT2D eigenvalue weighted by Gasteiger charge is -2.32. The number of halogens is 1. The Kier molecular flexibility index (Phi) is 7.73. The van der Waals surface area contributed by atoms with Crippen molar-refractivity contribution in [3.63, 3.8) is 0 Å². The van der Waals surface area contributed by atoms with Gasteiger partial charge in [-0.3, -0.25) is 4.79 Å². The summed E-state index contributed by atoms with van der Waals surface area (Å²) in [5, 5.41) is 3.37. The first-order chi connectivity index (χ1) is 19.2. The number of nitrogens with zero attached hydrogens (tertiary/aromatic N) is 1. The third-order valence-corrected chi connectivity index (χ3v) is 11.7. The van der Waals surface area contributed by atoms with Gasteiger partial charge in [-0.1, -0.05) is 54.6 Å². The van der Waals surface area contributed by atoms with E-state index in [1.807, 2.05) is 54.6 Å². The molecule has 4 aromatic rings. The van der Waals surface area contributed by atoms with Crippen molar-refractivity contribution in [2.75, 3.05) is 11.4 Å². The Labute approximate surface area is 234 Å². The minimum absolute atomic E-state index is 0.0508. The molecule has 0 radical (unpaired) electrons. The molecular formula is C33H32FNO4P+. The van der Waals surface area contributed by atoms with Crippen LogP contribution in [0.1, 0.15) is 27.2 Å². The van der Waals surface area contributed by atoms with Crippen molar-refractivity contribution in [2.45, 2.75) is 38.5 Å². The van der Waals surface area contributed by atoms with Crippen LogP contribution in [0.5, 0.6) is 5.75 Å². The molecule has 5 rings (SSSR count). The van der Waals surface area contributed by atoms with E-state index in [4.69, 9.17) is 9.47 Å². The fourth-order valence-electron chi connectivity index (χ4n) is 5.36. The van der Waals surface area contributed by atoms with Gasteiger partial charge in [-0.15, -0.1) is 0 Å². The van der Waals surface area contributed by atoms with Gasteiger partial charge in [0.25, 0.3) is 5.91 Å². The average molecular weight is 557 g/mol. The van der Waals surface area contributed by atoms with Crippen LogP contribution in [0.4, 0.5) is 14.9 Å². The zero-order valence-corrected chi connectivity index (χ0v) is 23.7. The predicted octanol–water partition coefficient (Wildman–Crippen LogP) is 6.24. The largest absolute Gasteiger partial charge is 0.514 e. The number of anilines is 1. The van der Waals surface area contributed by atoms with Crippen LogP contribution in [0.3, 0.4) is 0 Å². The lowest BCUT2D eigenvalue weighted by atomic mass is 10.2. The molecule has 7 heteroatoms. The van der Waals surface area contributed by atoms with E-state index in [-0.39, 0.29) is 17.3 Å². The van der Waals surface area contributed by atoms with E-state index < -0.39 is 24.8 Å². The molecule has 0 bridgehead atoms. The number of ether oxygens (including phenoxy) is 2. The fourth-order valence-corrected chi connectivity index (χ4v) is 10.2. The summed E-state index contributed by atoms with van der Waals surface area (Å²) in [6, 6.07) is 35.0. The quantitative estimate of drug-likeness (QED) is 0.160. The van der Waals surface area contributed by atoms with Gasteiger partial charge >= 0.3 is 6.16 Å². The Morgan fingerprint density at radius 1 is 0.825 bits per heavy atom. The third-order valence-electron chi connectivity index (χ3n) is 6.95. The van der Waals surface area contributed by atoms with Gasteiger partial charge in [0, 0.05) is 24.7 Å². The molecule has 1 amide bonds. The Morgan fingerprint density at radius 2 is 1.32 bits per heavy atom. The summed E-state index contributed by atoms with van der Waals surface area (Å²) in [6.07, 6.45) is -0.372. The highest BCUT2D eigenvalue weighted by Gasteiger charge is 2.58. The Balaban J connectivity index is 1.53. The number of rotatable bonds is 6. The van der Waals surface area contributed by atoms with Gasteiger partial charge in [-0.25, -0.2) is 9.18 Å². The summed E-state index contributed by atoms with van der Waals surface area (Å²) in [7, 11) is -2.45. The first kappa shape index (κ1) is 27.5. The van der Waals surface area contributed by atoms with E-state index in [2.05, 4.69) is 36.4 Å². The van der Waals surface area contributed by atoms with Gasteiger partial charge in [-0.2, -0.15) is 0 Å². The van der Waals surface area contributed by atoms with Crippen LogP contribution >= 0.6 is 7.26 Å². The number of carbonyl (C=O) groups excluding carboxylic acids is 2. The smallest absolute Gasteiger partial charge is 0.428 e. The average Bonchev–Trinajstić information content (AvgIpc) is 3.32. The van der Waals surface area contributed by atoms with E-state index in [1.54, 1.807) is 31.7 Å². The molecule has 1 saturated heterocycles. The van der Waals surface area contributed by atoms with Crippen molar-refractivity contribution in [2.24, 2.45) is 0 Å². The monoisotopic (exact) mass is 556 g/mol. The predicted molar refractivity (Wildman–Crippen MR) is 159 cm³/mol. The Morgan fingerprint density at radius 3 is 1.77 bits per heavy atom. The maximum Gasteiger partial charge on any atom is 0.514 e. The van der Waals surface area contributed by atoms with Crippen molar-refractivity contribution in [1.82, 2.24) is 0 Å². The molecule has 0 N–H and O–H groups in total. The first-order valence-electron chi connectivity index (χ1n) is 13.3. The summed E-state index contributed by atoms with van der Waals surface area (Å²) < 4.78 is 25.3. The van der Waals surface area contributed by atoms with Crippen LogP contribution in [0.2, 0.25) is 0 Å². The maximum atomic E-state index is 15.1. The molecule has 0 saturated carbocycles. The van der Waals surface area contributed by atoms with E-state index in [9.17, 15) is 9.59 Å². The lowest BCUT2D eigenvalue weighted by molar-refractivity contribution is -0.116. The zero-order valence-electron chi connectivity index (χ0n) is 22.8. The minimum Gasteiger partial charge on any atom is -0.428 e. The topological polar surface area (TPSA) is 55.8 Å². The van der Waals surface area contributed by atoms with Gasteiger partial charge in [0.05, 0.1) is 0 Å². The number of carbonyl (C=O) groups is 2. The second-order valence-corrected chi connectivity index (χ2v) is 14.3. The maximum absolute atomic E-state index is 15.1. The van der Waals surface area contributed by atoms with Crippen LogP contribution < -0.4 is 25.6 Å². The van der Waals surface area contributed by atoms with Crippen LogP contribution in [0, 0.1) is 5.82 Å². The van der Waals surface area contributed by atoms with Crippen LogP contribution in [0.25, 0.3) is 0 Å². The van der Waals surface area contributed by atoms with Gasteiger partial charge in [0.1, 0.15) is 28.8 Å². The van der Waals surface area contributed by atoms with E-state index in [0.717, 1.165) is 15.9 Å². The molecule has 0 spiro atoms. The van der Waals surface area contributed by atoms with Gasteiger partial charge in [0.15, 0.2) is 17.2 Å². The number of hydrogen-bond acceptors (Lipinski definition) is 4.